The van der Waals surface area contributed by atoms with E-state index < -0.39 is 17.7 Å². The molecule has 0 N–H and O–H groups in total. The molecule has 1 aromatic carbocycles. The molecular formula is C28H25F3N6O. The molecule has 1 saturated carbocycles. The molecule has 6 rings (SSSR count). The highest BCUT2D eigenvalue weighted by Gasteiger charge is 2.44. The predicted octanol–water partition coefficient (Wildman–Crippen LogP) is 5.10. The predicted molar refractivity (Wildman–Crippen MR) is 133 cm³/mol. The average molecular weight is 519 g/mol. The number of alkyl halides is 3. The van der Waals surface area contributed by atoms with Crippen LogP contribution in [0.15, 0.2) is 78.9 Å². The van der Waals surface area contributed by atoms with E-state index in [1.165, 1.54) is 24.7 Å². The molecule has 0 saturated heterocycles. The SMILES string of the molecule is Cn1cnnc1C(c1cc(CC2C=C3C(C(F)(F)F)=CC=CN3C2=O)cc(-c2cncnc2)c1)C1CCC1. The van der Waals surface area contributed by atoms with Gasteiger partial charge in [-0.1, -0.05) is 24.6 Å². The van der Waals surface area contributed by atoms with Crippen molar-refractivity contribution in [3.63, 3.8) is 0 Å². The van der Waals surface area contributed by atoms with E-state index in [2.05, 4.69) is 32.3 Å². The maximum atomic E-state index is 13.6. The molecule has 0 radical (unpaired) electrons. The van der Waals surface area contributed by atoms with Gasteiger partial charge < -0.3 is 4.57 Å². The van der Waals surface area contributed by atoms with Gasteiger partial charge in [0.2, 0.25) is 5.91 Å². The third kappa shape index (κ3) is 4.33. The lowest BCUT2D eigenvalue weighted by atomic mass is 9.72. The lowest BCUT2D eigenvalue weighted by Crippen LogP contribution is -2.29. The van der Waals surface area contributed by atoms with Crippen molar-refractivity contribution in [3.8, 4) is 11.1 Å². The maximum absolute atomic E-state index is 13.6. The van der Waals surface area contributed by atoms with E-state index in [1.807, 2.05) is 17.7 Å². The van der Waals surface area contributed by atoms with Crippen LogP contribution in [-0.2, 0) is 18.3 Å². The Morgan fingerprint density at radius 1 is 1.11 bits per heavy atom. The van der Waals surface area contributed by atoms with E-state index in [0.717, 1.165) is 58.3 Å². The first-order valence-electron chi connectivity index (χ1n) is 12.5. The molecule has 2 atom stereocenters. The van der Waals surface area contributed by atoms with Crippen LogP contribution in [0.2, 0.25) is 0 Å². The van der Waals surface area contributed by atoms with Crippen LogP contribution in [0.3, 0.4) is 0 Å². The number of carbonyl (C=O) groups excluding carboxylic acids is 1. The van der Waals surface area contributed by atoms with E-state index >= 15 is 0 Å². The van der Waals surface area contributed by atoms with Gasteiger partial charge in [0.1, 0.15) is 18.5 Å². The molecule has 2 aliphatic heterocycles. The molecule has 3 aliphatic rings. The summed E-state index contributed by atoms with van der Waals surface area (Å²) in [5, 5.41) is 8.53. The zero-order valence-corrected chi connectivity index (χ0v) is 20.6. The summed E-state index contributed by atoms with van der Waals surface area (Å²) in [7, 11) is 1.93. The molecule has 2 aromatic heterocycles. The monoisotopic (exact) mass is 518 g/mol. The van der Waals surface area contributed by atoms with Crippen LogP contribution in [0.1, 0.15) is 42.1 Å². The molecule has 1 amide bonds. The zero-order chi connectivity index (χ0) is 26.4. The number of hydrogen-bond donors (Lipinski definition) is 0. The minimum absolute atomic E-state index is 0.00578. The largest absolute Gasteiger partial charge is 0.418 e. The smallest absolute Gasteiger partial charge is 0.320 e. The number of nitrogens with zero attached hydrogens (tertiary/aromatic N) is 6. The van der Waals surface area contributed by atoms with Gasteiger partial charge in [0.25, 0.3) is 0 Å². The van der Waals surface area contributed by atoms with Crippen molar-refractivity contribution >= 4 is 5.91 Å². The third-order valence-electron chi connectivity index (χ3n) is 7.62. The Morgan fingerprint density at radius 2 is 1.89 bits per heavy atom. The van der Waals surface area contributed by atoms with Gasteiger partial charge in [-0.3, -0.25) is 9.69 Å². The molecule has 10 heteroatoms. The highest BCUT2D eigenvalue weighted by molar-refractivity contribution is 5.88. The summed E-state index contributed by atoms with van der Waals surface area (Å²) < 4.78 is 42.8. The molecule has 4 heterocycles. The van der Waals surface area contributed by atoms with Crippen LogP contribution >= 0.6 is 0 Å². The van der Waals surface area contributed by atoms with E-state index in [-0.39, 0.29) is 23.9 Å². The van der Waals surface area contributed by atoms with Crippen molar-refractivity contribution in [1.29, 1.82) is 0 Å². The number of benzene rings is 1. The normalized spacial score (nSPS) is 20.2. The summed E-state index contributed by atoms with van der Waals surface area (Å²) in [6.45, 7) is 0. The molecule has 3 aromatic rings. The zero-order valence-electron chi connectivity index (χ0n) is 20.6. The standard InChI is InChI=1S/C28H25F3N6O/c1-36-16-34-35-26(36)25(18-4-2-5-18)20-9-17(8-19(11-20)22-13-32-15-33-14-22)10-21-12-24-23(28(29,30)31)6-3-7-37(24)27(21)38/h3,6-9,11-16,18,21,25H,2,4-5,10H2,1H3. The first-order chi connectivity index (χ1) is 18.3. The molecule has 1 fully saturated rings. The summed E-state index contributed by atoms with van der Waals surface area (Å²) in [6, 6.07) is 6.13. The van der Waals surface area contributed by atoms with E-state index in [1.54, 1.807) is 18.7 Å². The van der Waals surface area contributed by atoms with Crippen LogP contribution < -0.4 is 0 Å². The third-order valence-corrected chi connectivity index (χ3v) is 7.62. The van der Waals surface area contributed by atoms with Crippen LogP contribution in [0.5, 0.6) is 0 Å². The number of fused-ring (bicyclic) bond motifs is 1. The Hall–Kier alpha value is -4.08. The number of aryl methyl sites for hydroxylation is 1. The Labute approximate surface area is 217 Å². The molecule has 1 aliphatic carbocycles. The van der Waals surface area contributed by atoms with Gasteiger partial charge in [-0.05, 0) is 60.1 Å². The van der Waals surface area contributed by atoms with Gasteiger partial charge in [0.15, 0.2) is 0 Å². The topological polar surface area (TPSA) is 76.8 Å². The molecule has 38 heavy (non-hydrogen) atoms. The fraction of sp³-hybridized carbons (Fsp3) is 0.321. The number of amides is 1. The second-order valence-corrected chi connectivity index (χ2v) is 10.0. The van der Waals surface area contributed by atoms with Crippen LogP contribution in [-0.4, -0.2) is 41.7 Å². The summed E-state index contributed by atoms with van der Waals surface area (Å²) in [4.78, 5) is 22.6. The van der Waals surface area contributed by atoms with Crippen molar-refractivity contribution < 1.29 is 18.0 Å². The van der Waals surface area contributed by atoms with E-state index in [0.29, 0.717) is 5.92 Å². The van der Waals surface area contributed by atoms with Gasteiger partial charge in [0, 0.05) is 37.1 Å². The minimum atomic E-state index is -4.55. The maximum Gasteiger partial charge on any atom is 0.418 e. The number of hydrogen-bond acceptors (Lipinski definition) is 5. The first-order valence-corrected chi connectivity index (χ1v) is 12.5. The molecule has 194 valence electrons. The second-order valence-electron chi connectivity index (χ2n) is 10.0. The van der Waals surface area contributed by atoms with Crippen LogP contribution in [0.4, 0.5) is 13.2 Å². The Morgan fingerprint density at radius 3 is 2.55 bits per heavy atom. The number of carbonyl (C=O) groups is 1. The Bertz CT molecular complexity index is 1470. The minimum Gasteiger partial charge on any atom is -0.320 e. The van der Waals surface area contributed by atoms with Gasteiger partial charge in [-0.25, -0.2) is 9.97 Å². The van der Waals surface area contributed by atoms with Gasteiger partial charge in [-0.15, -0.1) is 10.2 Å². The number of aromatic nitrogens is 5. The van der Waals surface area contributed by atoms with Gasteiger partial charge >= 0.3 is 6.18 Å². The molecule has 0 spiro atoms. The van der Waals surface area contributed by atoms with Crippen molar-refractivity contribution in [1.82, 2.24) is 29.6 Å². The fourth-order valence-corrected chi connectivity index (χ4v) is 5.57. The van der Waals surface area contributed by atoms with Crippen molar-refractivity contribution in [2.45, 2.75) is 37.8 Å². The Kier molecular flexibility index (Phi) is 5.97. The quantitative estimate of drug-likeness (QED) is 0.454. The lowest BCUT2D eigenvalue weighted by molar-refractivity contribution is -0.128. The number of allylic oxidation sites excluding steroid dienone is 3. The fourth-order valence-electron chi connectivity index (χ4n) is 5.57. The summed E-state index contributed by atoms with van der Waals surface area (Å²) in [5.41, 5.74) is 2.68. The first kappa shape index (κ1) is 24.3. The lowest BCUT2D eigenvalue weighted by Gasteiger charge is -2.34. The molecule has 7 nitrogen and oxygen atoms in total. The van der Waals surface area contributed by atoms with Gasteiger partial charge in [-0.2, -0.15) is 13.2 Å². The Balaban J connectivity index is 1.41. The summed E-state index contributed by atoms with van der Waals surface area (Å²) in [6.07, 6.45) is 10.7. The highest BCUT2D eigenvalue weighted by atomic mass is 19.4. The number of halogens is 3. The molecular weight excluding hydrogens is 493 g/mol. The van der Waals surface area contributed by atoms with E-state index in [9.17, 15) is 18.0 Å². The van der Waals surface area contributed by atoms with Crippen LogP contribution in [0, 0.1) is 11.8 Å². The second kappa shape index (κ2) is 9.34. The van der Waals surface area contributed by atoms with E-state index in [4.69, 9.17) is 0 Å². The summed E-state index contributed by atoms with van der Waals surface area (Å²) in [5.74, 6) is 0.187. The molecule has 0 bridgehead atoms. The highest BCUT2D eigenvalue weighted by Crippen LogP contribution is 2.44. The molecule has 2 unspecified atom stereocenters. The van der Waals surface area contributed by atoms with Crippen molar-refractivity contribution in [3.05, 3.63) is 95.9 Å². The van der Waals surface area contributed by atoms with Gasteiger partial charge in [0.05, 0.1) is 17.2 Å². The summed E-state index contributed by atoms with van der Waals surface area (Å²) >= 11 is 0. The van der Waals surface area contributed by atoms with Crippen molar-refractivity contribution in [2.75, 3.05) is 0 Å². The average Bonchev–Trinajstić information content (AvgIpc) is 3.43. The number of rotatable bonds is 6. The van der Waals surface area contributed by atoms with Crippen molar-refractivity contribution in [2.24, 2.45) is 18.9 Å². The van der Waals surface area contributed by atoms with Crippen LogP contribution in [0.25, 0.3) is 11.1 Å².